The molecule has 0 atom stereocenters. The Hall–Kier alpha value is -1.73. The van der Waals surface area contributed by atoms with E-state index in [4.69, 9.17) is 0 Å². The van der Waals surface area contributed by atoms with Gasteiger partial charge in [0.2, 0.25) is 5.91 Å². The number of rotatable bonds is 8. The molecule has 7 heteroatoms. The van der Waals surface area contributed by atoms with Crippen molar-refractivity contribution < 1.29 is 4.79 Å². The number of nitrogens with one attached hydrogen (secondary N) is 1. The van der Waals surface area contributed by atoms with E-state index in [2.05, 4.69) is 22.6 Å². The summed E-state index contributed by atoms with van der Waals surface area (Å²) in [7, 11) is 1.81. The summed E-state index contributed by atoms with van der Waals surface area (Å²) in [5, 5.41) is 13.3. The highest BCUT2D eigenvalue weighted by Gasteiger charge is 2.12. The number of nitrogens with zero attached hydrogens (tertiary/aromatic N) is 4. The number of carbonyl (C=O) groups is 1. The molecule has 0 aliphatic rings. The van der Waals surface area contributed by atoms with Crippen LogP contribution in [0.3, 0.4) is 0 Å². The van der Waals surface area contributed by atoms with Gasteiger partial charge in [-0.2, -0.15) is 0 Å². The van der Waals surface area contributed by atoms with Crippen molar-refractivity contribution in [2.45, 2.75) is 33.0 Å². The Morgan fingerprint density at radius 3 is 3.10 bits per heavy atom. The molecule has 0 aliphatic carbocycles. The molecule has 1 N–H and O–H groups in total. The maximum absolute atomic E-state index is 12.1. The monoisotopic (exact) mass is 307 g/mol. The summed E-state index contributed by atoms with van der Waals surface area (Å²) in [5.74, 6) is 0.0290. The van der Waals surface area contributed by atoms with Gasteiger partial charge in [-0.1, -0.05) is 18.2 Å². The lowest BCUT2D eigenvalue weighted by molar-refractivity contribution is -0.131. The number of aromatic nitrogens is 3. The van der Waals surface area contributed by atoms with Crippen molar-refractivity contribution in [2.24, 2.45) is 0 Å². The van der Waals surface area contributed by atoms with Crippen molar-refractivity contribution in [3.63, 3.8) is 0 Å². The first-order chi connectivity index (χ1) is 10.2. The molecule has 2 rings (SSSR count). The van der Waals surface area contributed by atoms with Crippen molar-refractivity contribution in [1.29, 1.82) is 0 Å². The number of likely N-dealkylation sites (N-methyl/N-ethyl adjacent to an activating group) is 1. The van der Waals surface area contributed by atoms with E-state index in [0.29, 0.717) is 13.1 Å². The van der Waals surface area contributed by atoms with Crippen LogP contribution in [0.15, 0.2) is 23.7 Å². The molecular weight excluding hydrogens is 286 g/mol. The second-order valence-electron chi connectivity index (χ2n) is 4.91. The quantitative estimate of drug-likeness (QED) is 0.751. The summed E-state index contributed by atoms with van der Waals surface area (Å²) in [6, 6.07) is 4.02. The number of thiophene rings is 1. The highest BCUT2D eigenvalue weighted by molar-refractivity contribution is 7.09. The largest absolute Gasteiger partial charge is 0.339 e. The van der Waals surface area contributed by atoms with E-state index in [-0.39, 0.29) is 12.5 Å². The zero-order valence-electron chi connectivity index (χ0n) is 12.5. The molecule has 114 valence electrons. The predicted octanol–water partition coefficient (Wildman–Crippen LogP) is 1.50. The molecule has 0 unspecified atom stereocenters. The molecule has 0 saturated carbocycles. The summed E-state index contributed by atoms with van der Waals surface area (Å²) in [6.07, 6.45) is 2.90. The second-order valence-corrected chi connectivity index (χ2v) is 5.95. The molecule has 2 aromatic heterocycles. The Balaban J connectivity index is 1.81. The molecule has 0 bridgehead atoms. The molecule has 0 saturated heterocycles. The van der Waals surface area contributed by atoms with E-state index in [0.717, 1.165) is 18.7 Å². The number of amides is 1. The summed E-state index contributed by atoms with van der Waals surface area (Å²) >= 11 is 1.65. The SMILES string of the molecule is CCCNCc1cn(CC(=O)N(C)Cc2cccs2)nn1. The molecular formula is C14H21N5OS. The lowest BCUT2D eigenvalue weighted by Gasteiger charge is -2.15. The Morgan fingerprint density at radius 2 is 2.38 bits per heavy atom. The van der Waals surface area contributed by atoms with E-state index in [9.17, 15) is 4.79 Å². The fourth-order valence-electron chi connectivity index (χ4n) is 1.87. The van der Waals surface area contributed by atoms with Crippen LogP contribution in [0.4, 0.5) is 0 Å². The third-order valence-electron chi connectivity index (χ3n) is 3.02. The van der Waals surface area contributed by atoms with Crippen molar-refractivity contribution in [2.75, 3.05) is 13.6 Å². The zero-order valence-corrected chi connectivity index (χ0v) is 13.3. The molecule has 0 radical (unpaired) electrons. The van der Waals surface area contributed by atoms with Gasteiger partial charge in [0.25, 0.3) is 0 Å². The van der Waals surface area contributed by atoms with Crippen LogP contribution in [0, 0.1) is 0 Å². The molecule has 2 heterocycles. The number of hydrogen-bond acceptors (Lipinski definition) is 5. The average Bonchev–Trinajstić information content (AvgIpc) is 3.11. The predicted molar refractivity (Wildman–Crippen MR) is 82.8 cm³/mol. The molecule has 1 amide bonds. The molecule has 6 nitrogen and oxygen atoms in total. The summed E-state index contributed by atoms with van der Waals surface area (Å²) < 4.78 is 1.59. The van der Waals surface area contributed by atoms with Crippen molar-refractivity contribution >= 4 is 17.2 Å². The Labute approximate surface area is 128 Å². The van der Waals surface area contributed by atoms with Gasteiger partial charge in [0, 0.05) is 18.5 Å². The third kappa shape index (κ3) is 4.95. The topological polar surface area (TPSA) is 63.1 Å². The van der Waals surface area contributed by atoms with Gasteiger partial charge in [-0.05, 0) is 24.4 Å². The van der Waals surface area contributed by atoms with Crippen LogP contribution in [-0.4, -0.2) is 39.4 Å². The smallest absolute Gasteiger partial charge is 0.244 e. The molecule has 0 aromatic carbocycles. The minimum Gasteiger partial charge on any atom is -0.339 e. The van der Waals surface area contributed by atoms with Gasteiger partial charge in [0.15, 0.2) is 0 Å². The lowest BCUT2D eigenvalue weighted by atomic mass is 10.4. The summed E-state index contributed by atoms with van der Waals surface area (Å²) in [4.78, 5) is 15.0. The fourth-order valence-corrected chi connectivity index (χ4v) is 2.63. The fraction of sp³-hybridized carbons (Fsp3) is 0.500. The molecule has 0 aliphatic heterocycles. The normalized spacial score (nSPS) is 10.8. The highest BCUT2D eigenvalue weighted by Crippen LogP contribution is 2.11. The summed E-state index contributed by atoms with van der Waals surface area (Å²) in [5.41, 5.74) is 0.858. The third-order valence-corrected chi connectivity index (χ3v) is 3.88. The molecule has 0 fully saturated rings. The maximum Gasteiger partial charge on any atom is 0.244 e. The standard InChI is InChI=1S/C14H21N5OS/c1-3-6-15-8-12-9-19(17-16-12)11-14(20)18(2)10-13-5-4-7-21-13/h4-5,7,9,15H,3,6,8,10-11H2,1-2H3. The Morgan fingerprint density at radius 1 is 1.52 bits per heavy atom. The van der Waals surface area contributed by atoms with Gasteiger partial charge >= 0.3 is 0 Å². The second kappa shape index (κ2) is 7.90. The Kier molecular flexibility index (Phi) is 5.89. The van der Waals surface area contributed by atoms with Crippen molar-refractivity contribution in [1.82, 2.24) is 25.2 Å². The first kappa shape index (κ1) is 15.7. The Bertz CT molecular complexity index is 551. The van der Waals surface area contributed by atoms with Crippen LogP contribution in [0.2, 0.25) is 0 Å². The molecule has 0 spiro atoms. The van der Waals surface area contributed by atoms with Gasteiger partial charge < -0.3 is 10.2 Å². The van der Waals surface area contributed by atoms with Gasteiger partial charge in [0.1, 0.15) is 6.54 Å². The van der Waals surface area contributed by atoms with Gasteiger partial charge in [-0.3, -0.25) is 4.79 Å². The maximum atomic E-state index is 12.1. The van der Waals surface area contributed by atoms with Crippen LogP contribution >= 0.6 is 11.3 Å². The lowest BCUT2D eigenvalue weighted by Crippen LogP contribution is -2.29. The van der Waals surface area contributed by atoms with E-state index in [1.165, 1.54) is 4.88 Å². The van der Waals surface area contributed by atoms with E-state index in [1.54, 1.807) is 20.9 Å². The molecule has 21 heavy (non-hydrogen) atoms. The zero-order chi connectivity index (χ0) is 15.1. The van der Waals surface area contributed by atoms with Crippen LogP contribution in [-0.2, 0) is 24.4 Å². The molecule has 2 aromatic rings. The number of hydrogen-bond donors (Lipinski definition) is 1. The van der Waals surface area contributed by atoms with Crippen LogP contribution < -0.4 is 5.32 Å². The minimum atomic E-state index is 0.0290. The van der Waals surface area contributed by atoms with E-state index < -0.39 is 0 Å². The van der Waals surface area contributed by atoms with Gasteiger partial charge in [-0.25, -0.2) is 4.68 Å². The van der Waals surface area contributed by atoms with Crippen LogP contribution in [0.5, 0.6) is 0 Å². The van der Waals surface area contributed by atoms with Gasteiger partial charge in [-0.15, -0.1) is 16.4 Å². The van der Waals surface area contributed by atoms with Crippen LogP contribution in [0.1, 0.15) is 23.9 Å². The minimum absolute atomic E-state index is 0.0290. The van der Waals surface area contributed by atoms with Crippen molar-refractivity contribution in [3.8, 4) is 0 Å². The average molecular weight is 307 g/mol. The highest BCUT2D eigenvalue weighted by atomic mass is 32.1. The summed E-state index contributed by atoms with van der Waals surface area (Å²) in [6.45, 7) is 4.62. The first-order valence-electron chi connectivity index (χ1n) is 7.05. The van der Waals surface area contributed by atoms with Crippen LogP contribution in [0.25, 0.3) is 0 Å². The van der Waals surface area contributed by atoms with Crippen molar-refractivity contribution in [3.05, 3.63) is 34.3 Å². The van der Waals surface area contributed by atoms with Gasteiger partial charge in [0.05, 0.1) is 18.4 Å². The number of carbonyl (C=O) groups excluding carboxylic acids is 1. The van der Waals surface area contributed by atoms with E-state index in [1.807, 2.05) is 30.8 Å². The first-order valence-corrected chi connectivity index (χ1v) is 7.93. The van der Waals surface area contributed by atoms with E-state index >= 15 is 0 Å².